The van der Waals surface area contributed by atoms with Gasteiger partial charge in [0, 0.05) is 92.9 Å². The molecule has 2 aliphatic heterocycles. The van der Waals surface area contributed by atoms with Crippen molar-refractivity contribution in [3.05, 3.63) is 101 Å². The number of aromatic nitrogens is 3. The Hall–Kier alpha value is -6.48. The molecule has 6 N–H and O–H groups in total. The highest BCUT2D eigenvalue weighted by molar-refractivity contribution is 7.89. The van der Waals surface area contributed by atoms with E-state index in [4.69, 9.17) is 0 Å². The van der Waals surface area contributed by atoms with Crippen molar-refractivity contribution in [3.63, 3.8) is 0 Å². The Balaban J connectivity index is 0.830. The first-order chi connectivity index (χ1) is 34.5. The number of hydrogen-bond acceptors (Lipinski definition) is 14. The number of thiazole rings is 1. The number of rotatable bonds is 18. The lowest BCUT2D eigenvalue weighted by Crippen LogP contribution is -2.57. The second kappa shape index (κ2) is 23.2. The fraction of sp³-hybridized carbons (Fsp3) is 0.453. The standard InChI is InChI=1S/C53H69N11O7S2/c1-34-30-55-51(60-48(34)57-39-12-11-13-42(28-39)73(70,71)61-53(6,7)8)58-38-20-22-40(23-21-38)62-24-26-63(27-25-62)45(67)15-10-9-14-44(66)59-47(52(3,4)5)50(69)64-32-41(65)29-43(64)49(68)54-31-36-16-18-37(19-17-36)46-35(2)56-33-72-46/h11-13,16-23,28,30,33,41,43,47,61,65H,9-10,14-15,24-27,29,31-32H2,1-8H3,(H,54,68)(H,59,66)(H2,55,57,58,60)/t41-,43+,47-/m1/s1. The number of benzene rings is 3. The van der Waals surface area contributed by atoms with Crippen molar-refractivity contribution in [1.29, 1.82) is 0 Å². The summed E-state index contributed by atoms with van der Waals surface area (Å²) in [4.78, 5) is 74.3. The van der Waals surface area contributed by atoms with Gasteiger partial charge in [0.2, 0.25) is 39.6 Å². The first kappa shape index (κ1) is 54.3. The van der Waals surface area contributed by atoms with E-state index in [0.717, 1.165) is 38.6 Å². The highest BCUT2D eigenvalue weighted by Crippen LogP contribution is 2.30. The molecule has 2 fully saturated rings. The quantitative estimate of drug-likeness (QED) is 0.0497. The molecule has 20 heteroatoms. The molecule has 2 aromatic heterocycles. The Morgan fingerprint density at radius 3 is 2.21 bits per heavy atom. The summed E-state index contributed by atoms with van der Waals surface area (Å²) >= 11 is 1.57. The van der Waals surface area contributed by atoms with E-state index in [0.29, 0.717) is 62.9 Å². The number of anilines is 5. The number of amides is 4. The molecular formula is C53H69N11O7S2. The van der Waals surface area contributed by atoms with Crippen LogP contribution in [0.3, 0.4) is 0 Å². The van der Waals surface area contributed by atoms with Gasteiger partial charge in [-0.15, -0.1) is 11.3 Å². The molecule has 0 aliphatic carbocycles. The van der Waals surface area contributed by atoms with Crippen LogP contribution in [0.2, 0.25) is 0 Å². The van der Waals surface area contributed by atoms with Crippen molar-refractivity contribution in [3.8, 4) is 10.4 Å². The Kier molecular flexibility index (Phi) is 17.2. The summed E-state index contributed by atoms with van der Waals surface area (Å²) in [6, 6.07) is 20.5. The molecule has 0 saturated carbocycles. The van der Waals surface area contributed by atoms with Gasteiger partial charge in [-0.3, -0.25) is 19.2 Å². The van der Waals surface area contributed by atoms with Gasteiger partial charge in [0.15, 0.2) is 0 Å². The van der Waals surface area contributed by atoms with Crippen molar-refractivity contribution in [2.24, 2.45) is 5.41 Å². The SMILES string of the molecule is Cc1cnc(Nc2ccc(N3CCN(C(=O)CCCCC(=O)N[C@H](C(=O)N4C[C@H](O)C[C@H]4C(=O)NCc4ccc(-c5scnc5C)cc4)C(C)(C)C)CC3)cc2)nc1Nc1cccc(S(=O)(=O)NC(C)(C)C)c1. The number of likely N-dealkylation sites (tertiary alicyclic amines) is 1. The maximum Gasteiger partial charge on any atom is 0.246 e. The van der Waals surface area contributed by atoms with Crippen molar-refractivity contribution in [2.45, 2.75) is 123 Å². The van der Waals surface area contributed by atoms with E-state index in [-0.39, 0.29) is 48.5 Å². The fourth-order valence-corrected chi connectivity index (χ4v) is 11.1. The van der Waals surface area contributed by atoms with E-state index >= 15 is 0 Å². The van der Waals surface area contributed by atoms with Gasteiger partial charge < -0.3 is 41.1 Å². The van der Waals surface area contributed by atoms with E-state index in [2.05, 4.69) is 45.8 Å². The van der Waals surface area contributed by atoms with Crippen molar-refractivity contribution in [1.82, 2.24) is 40.1 Å². The molecule has 7 rings (SSSR count). The molecule has 0 bridgehead atoms. The van der Waals surface area contributed by atoms with Crippen LogP contribution < -0.4 is 30.9 Å². The number of aryl methyl sites for hydroxylation is 2. The number of hydrogen-bond donors (Lipinski definition) is 6. The smallest absolute Gasteiger partial charge is 0.246 e. The first-order valence-corrected chi connectivity index (χ1v) is 27.1. The minimum absolute atomic E-state index is 0.0125. The second-order valence-corrected chi connectivity index (χ2v) is 23.5. The van der Waals surface area contributed by atoms with Crippen LogP contribution in [0.4, 0.5) is 28.8 Å². The Labute approximate surface area is 432 Å². The molecule has 18 nitrogen and oxygen atoms in total. The third-order valence-corrected chi connectivity index (χ3v) is 15.4. The Morgan fingerprint density at radius 1 is 0.849 bits per heavy atom. The zero-order valence-corrected chi connectivity index (χ0v) is 44.6. The zero-order chi connectivity index (χ0) is 52.7. The molecule has 2 aliphatic rings. The highest BCUT2D eigenvalue weighted by Gasteiger charge is 2.44. The van der Waals surface area contributed by atoms with Crippen LogP contribution in [0.15, 0.2) is 89.4 Å². The van der Waals surface area contributed by atoms with Crippen molar-refractivity contribution in [2.75, 3.05) is 48.3 Å². The summed E-state index contributed by atoms with van der Waals surface area (Å²) in [5.41, 5.74) is 6.52. The van der Waals surface area contributed by atoms with Gasteiger partial charge in [-0.05, 0) is 106 Å². The molecule has 73 heavy (non-hydrogen) atoms. The second-order valence-electron chi connectivity index (χ2n) is 20.9. The molecule has 390 valence electrons. The molecule has 0 radical (unpaired) electrons. The predicted molar refractivity (Wildman–Crippen MR) is 285 cm³/mol. The van der Waals surface area contributed by atoms with Crippen molar-refractivity contribution >= 4 is 73.8 Å². The van der Waals surface area contributed by atoms with Crippen LogP contribution in [0, 0.1) is 19.3 Å². The number of carbonyl (C=O) groups is 4. The molecule has 3 aromatic carbocycles. The van der Waals surface area contributed by atoms with Crippen molar-refractivity contribution < 1.29 is 32.7 Å². The lowest BCUT2D eigenvalue weighted by atomic mass is 9.85. The summed E-state index contributed by atoms with van der Waals surface area (Å²) in [5, 5.41) is 23.0. The van der Waals surface area contributed by atoms with E-state index in [9.17, 15) is 32.7 Å². The molecule has 5 aromatic rings. The Bertz CT molecular complexity index is 2860. The molecule has 4 heterocycles. The molecule has 0 unspecified atom stereocenters. The topological polar surface area (TPSA) is 231 Å². The largest absolute Gasteiger partial charge is 0.391 e. The van der Waals surface area contributed by atoms with Gasteiger partial charge in [0.25, 0.3) is 0 Å². The molecule has 4 amide bonds. The summed E-state index contributed by atoms with van der Waals surface area (Å²) in [6.07, 6.45) is 2.32. The third-order valence-electron chi connectivity index (χ3n) is 12.7. The van der Waals surface area contributed by atoms with Gasteiger partial charge in [-0.1, -0.05) is 51.1 Å². The third kappa shape index (κ3) is 14.6. The van der Waals surface area contributed by atoms with Gasteiger partial charge in [-0.2, -0.15) is 4.98 Å². The first-order valence-electron chi connectivity index (χ1n) is 24.7. The number of sulfonamides is 1. The molecule has 2 saturated heterocycles. The average molecular weight is 1040 g/mol. The molecular weight excluding hydrogens is 967 g/mol. The monoisotopic (exact) mass is 1040 g/mol. The summed E-state index contributed by atoms with van der Waals surface area (Å²) in [6.45, 7) is 17.4. The van der Waals surface area contributed by atoms with Gasteiger partial charge in [0.05, 0.1) is 27.1 Å². The summed E-state index contributed by atoms with van der Waals surface area (Å²) < 4.78 is 28.6. The number of aliphatic hydroxyl groups excluding tert-OH is 1. The number of piperazine rings is 1. The summed E-state index contributed by atoms with van der Waals surface area (Å²) in [7, 11) is -3.73. The number of unbranched alkanes of at least 4 members (excludes halogenated alkanes) is 1. The molecule has 3 atom stereocenters. The fourth-order valence-electron chi connectivity index (χ4n) is 8.80. The lowest BCUT2D eigenvalue weighted by molar-refractivity contribution is -0.144. The van der Waals surface area contributed by atoms with Gasteiger partial charge >= 0.3 is 0 Å². The van der Waals surface area contributed by atoms with Crippen LogP contribution in [-0.4, -0.2) is 118 Å². The van der Waals surface area contributed by atoms with Crippen LogP contribution in [0.5, 0.6) is 0 Å². The summed E-state index contributed by atoms with van der Waals surface area (Å²) in [5.74, 6) is -0.180. The minimum atomic E-state index is -3.73. The van der Waals surface area contributed by atoms with Crippen LogP contribution in [-0.2, 0) is 35.7 Å². The van der Waals surface area contributed by atoms with E-state index in [1.54, 1.807) is 62.6 Å². The predicted octanol–water partition coefficient (Wildman–Crippen LogP) is 6.80. The molecule has 0 spiro atoms. The number of nitrogens with zero attached hydrogens (tertiary/aromatic N) is 6. The van der Waals surface area contributed by atoms with Crippen LogP contribution in [0.1, 0.15) is 90.5 Å². The number of aliphatic hydroxyl groups is 1. The number of β-amino-alcohol motifs (C(OH)–C–C–N with tert-alkyl or cyclic N) is 1. The average Bonchev–Trinajstić information content (AvgIpc) is 3.96. The zero-order valence-electron chi connectivity index (χ0n) is 43.0. The normalized spacial score (nSPS) is 16.8. The van der Waals surface area contributed by atoms with E-state index < -0.39 is 45.1 Å². The maximum absolute atomic E-state index is 14.1. The van der Waals surface area contributed by atoms with E-state index in [1.807, 2.05) is 93.6 Å². The lowest BCUT2D eigenvalue weighted by Gasteiger charge is -2.36. The maximum atomic E-state index is 14.1. The highest BCUT2D eigenvalue weighted by atomic mass is 32.2. The number of nitrogens with one attached hydrogen (secondary N) is 5. The van der Waals surface area contributed by atoms with Crippen LogP contribution in [0.25, 0.3) is 10.4 Å². The van der Waals surface area contributed by atoms with E-state index in [1.165, 1.54) is 4.90 Å². The van der Waals surface area contributed by atoms with Gasteiger partial charge in [0.1, 0.15) is 17.9 Å². The number of carbonyl (C=O) groups excluding carboxylic acids is 4. The van der Waals surface area contributed by atoms with Crippen LogP contribution >= 0.6 is 11.3 Å². The Morgan fingerprint density at radius 2 is 1.55 bits per heavy atom. The van der Waals surface area contributed by atoms with Gasteiger partial charge in [-0.25, -0.2) is 23.1 Å². The minimum Gasteiger partial charge on any atom is -0.391 e.